The molecule has 7 heteroatoms. The summed E-state index contributed by atoms with van der Waals surface area (Å²) in [4.78, 5) is 14.1. The third kappa shape index (κ3) is 2.94. The van der Waals surface area contributed by atoms with Crippen molar-refractivity contribution in [3.05, 3.63) is 56.5 Å². The molecular weight excluding hydrogens is 328 g/mol. The first-order valence-corrected chi connectivity index (χ1v) is 6.27. The molecule has 2 N–H and O–H groups in total. The molecule has 0 unspecified atom stereocenters. The molecule has 0 heterocycles. The number of para-hydroxylation sites is 2. The zero-order valence-electron chi connectivity index (χ0n) is 10.0. The smallest absolute Gasteiger partial charge is 0.312 e. The van der Waals surface area contributed by atoms with E-state index in [0.717, 1.165) is 0 Å². The molecule has 0 spiro atoms. The van der Waals surface area contributed by atoms with E-state index in [1.807, 2.05) is 0 Å². The van der Waals surface area contributed by atoms with Crippen molar-refractivity contribution in [1.82, 2.24) is 0 Å². The highest BCUT2D eigenvalue weighted by atomic mass is 79.9. The number of phenolic OH excluding ortho intramolecular Hbond substituents is 2. The Labute approximate surface area is 122 Å². The number of halogens is 1. The van der Waals surface area contributed by atoms with Crippen LogP contribution in [0.3, 0.4) is 0 Å². The molecule has 0 aromatic heterocycles. The average molecular weight is 337 g/mol. The van der Waals surface area contributed by atoms with Crippen molar-refractivity contribution in [3.8, 4) is 11.5 Å². The normalized spacial score (nSPS) is 10.8. The van der Waals surface area contributed by atoms with Gasteiger partial charge in [0.15, 0.2) is 0 Å². The lowest BCUT2D eigenvalue weighted by molar-refractivity contribution is -0.385. The Morgan fingerprint density at radius 1 is 1.25 bits per heavy atom. The van der Waals surface area contributed by atoms with Crippen LogP contribution in [-0.2, 0) is 0 Å². The molecule has 0 aliphatic carbocycles. The van der Waals surface area contributed by atoms with Crippen molar-refractivity contribution in [3.63, 3.8) is 0 Å². The Hall–Kier alpha value is -2.41. The molecular formula is C13H9BrN2O4. The van der Waals surface area contributed by atoms with E-state index in [9.17, 15) is 20.3 Å². The van der Waals surface area contributed by atoms with Crippen LogP contribution in [0.2, 0.25) is 0 Å². The van der Waals surface area contributed by atoms with E-state index in [0.29, 0.717) is 10.2 Å². The van der Waals surface area contributed by atoms with Crippen LogP contribution in [-0.4, -0.2) is 21.4 Å². The van der Waals surface area contributed by atoms with Crippen LogP contribution in [0.5, 0.6) is 11.5 Å². The lowest BCUT2D eigenvalue weighted by atomic mass is 10.2. The molecule has 0 fully saturated rings. The van der Waals surface area contributed by atoms with Gasteiger partial charge < -0.3 is 10.2 Å². The molecule has 0 bridgehead atoms. The van der Waals surface area contributed by atoms with Crippen LogP contribution in [0.1, 0.15) is 5.56 Å². The van der Waals surface area contributed by atoms with Gasteiger partial charge in [0.05, 0.1) is 4.92 Å². The highest BCUT2D eigenvalue weighted by Crippen LogP contribution is 2.33. The second kappa shape index (κ2) is 5.70. The maximum Gasteiger partial charge on any atom is 0.312 e. The van der Waals surface area contributed by atoms with Crippen LogP contribution in [0, 0.1) is 10.1 Å². The maximum atomic E-state index is 10.8. The van der Waals surface area contributed by atoms with Gasteiger partial charge in [-0.3, -0.25) is 15.1 Å². The van der Waals surface area contributed by atoms with Crippen LogP contribution in [0.4, 0.5) is 11.4 Å². The van der Waals surface area contributed by atoms with Gasteiger partial charge in [-0.2, -0.15) is 0 Å². The molecule has 0 atom stereocenters. The maximum absolute atomic E-state index is 10.8. The predicted molar refractivity (Wildman–Crippen MR) is 77.8 cm³/mol. The lowest BCUT2D eigenvalue weighted by Crippen LogP contribution is -1.92. The summed E-state index contributed by atoms with van der Waals surface area (Å²) in [6.45, 7) is 0. The summed E-state index contributed by atoms with van der Waals surface area (Å²) in [6.07, 6.45) is 1.25. The first-order valence-electron chi connectivity index (χ1n) is 5.48. The molecule has 0 radical (unpaired) electrons. The van der Waals surface area contributed by atoms with E-state index in [1.165, 1.54) is 24.4 Å². The summed E-state index contributed by atoms with van der Waals surface area (Å²) in [5.41, 5.74) is 0.0574. The number of hydrogen-bond acceptors (Lipinski definition) is 5. The summed E-state index contributed by atoms with van der Waals surface area (Å²) in [5, 5.41) is 30.2. The van der Waals surface area contributed by atoms with E-state index in [1.54, 1.807) is 18.2 Å². The van der Waals surface area contributed by atoms with Gasteiger partial charge in [-0.15, -0.1) is 0 Å². The van der Waals surface area contributed by atoms with Crippen LogP contribution >= 0.6 is 15.9 Å². The topological polar surface area (TPSA) is 96.0 Å². The molecule has 0 amide bonds. The highest BCUT2D eigenvalue weighted by Gasteiger charge is 2.17. The minimum Gasteiger partial charge on any atom is -0.506 e. The largest absolute Gasteiger partial charge is 0.506 e. The number of phenols is 2. The van der Waals surface area contributed by atoms with Crippen molar-refractivity contribution >= 4 is 33.5 Å². The van der Waals surface area contributed by atoms with E-state index in [2.05, 4.69) is 20.9 Å². The van der Waals surface area contributed by atoms with Gasteiger partial charge in [0.1, 0.15) is 11.4 Å². The molecule has 20 heavy (non-hydrogen) atoms. The van der Waals surface area contributed by atoms with Crippen molar-refractivity contribution in [2.75, 3.05) is 0 Å². The summed E-state index contributed by atoms with van der Waals surface area (Å²) in [7, 11) is 0. The van der Waals surface area contributed by atoms with E-state index < -0.39 is 16.4 Å². The van der Waals surface area contributed by atoms with Gasteiger partial charge >= 0.3 is 5.69 Å². The zero-order chi connectivity index (χ0) is 14.7. The SMILES string of the molecule is O=[N+]([O-])c1cc(Br)cc(/C=N/c2ccccc2O)c1O. The molecule has 0 aliphatic rings. The summed E-state index contributed by atoms with van der Waals surface area (Å²) < 4.78 is 0.445. The number of benzene rings is 2. The van der Waals surface area contributed by atoms with Crippen molar-refractivity contribution in [2.24, 2.45) is 4.99 Å². The number of hydrogen-bond donors (Lipinski definition) is 2. The van der Waals surface area contributed by atoms with E-state index in [4.69, 9.17) is 0 Å². The van der Waals surface area contributed by atoms with Gasteiger partial charge in [-0.25, -0.2) is 0 Å². The van der Waals surface area contributed by atoms with Crippen molar-refractivity contribution in [2.45, 2.75) is 0 Å². The van der Waals surface area contributed by atoms with E-state index >= 15 is 0 Å². The minimum absolute atomic E-state index is 0.0206. The second-order valence-corrected chi connectivity index (χ2v) is 4.78. The van der Waals surface area contributed by atoms with Gasteiger partial charge in [-0.1, -0.05) is 28.1 Å². The Morgan fingerprint density at radius 2 is 1.95 bits per heavy atom. The third-order valence-corrected chi connectivity index (χ3v) is 2.96. The predicted octanol–water partition coefficient (Wildman–Crippen LogP) is 3.52. The van der Waals surface area contributed by atoms with E-state index in [-0.39, 0.29) is 11.3 Å². The van der Waals surface area contributed by atoms with Crippen LogP contribution in [0.15, 0.2) is 45.9 Å². The third-order valence-electron chi connectivity index (χ3n) is 2.51. The summed E-state index contributed by atoms with van der Waals surface area (Å²) >= 11 is 3.13. The lowest BCUT2D eigenvalue weighted by Gasteiger charge is -2.02. The minimum atomic E-state index is -0.683. The Bertz CT molecular complexity index is 701. The fourth-order valence-corrected chi connectivity index (χ4v) is 2.02. The molecule has 102 valence electrons. The Morgan fingerprint density at radius 3 is 2.60 bits per heavy atom. The molecule has 0 saturated heterocycles. The Kier molecular flexibility index (Phi) is 3.99. The fourth-order valence-electron chi connectivity index (χ4n) is 1.56. The number of aliphatic imine (C=N–C) groups is 1. The van der Waals surface area contributed by atoms with Gasteiger partial charge in [0.2, 0.25) is 5.75 Å². The van der Waals surface area contributed by atoms with Crippen LogP contribution < -0.4 is 0 Å². The van der Waals surface area contributed by atoms with Crippen LogP contribution in [0.25, 0.3) is 0 Å². The molecule has 2 aromatic rings. The summed E-state index contributed by atoms with van der Waals surface area (Å²) in [5.74, 6) is -0.495. The van der Waals surface area contributed by atoms with Crippen molar-refractivity contribution < 1.29 is 15.1 Å². The number of aromatic hydroxyl groups is 2. The molecule has 2 aromatic carbocycles. The quantitative estimate of drug-likeness (QED) is 0.509. The number of rotatable bonds is 3. The fraction of sp³-hybridized carbons (Fsp3) is 0. The monoisotopic (exact) mass is 336 g/mol. The average Bonchev–Trinajstić information content (AvgIpc) is 2.40. The molecule has 0 saturated carbocycles. The number of nitrogens with zero attached hydrogens (tertiary/aromatic N) is 2. The van der Waals surface area contributed by atoms with Crippen molar-refractivity contribution in [1.29, 1.82) is 0 Å². The van der Waals surface area contributed by atoms with Gasteiger partial charge in [0.25, 0.3) is 0 Å². The van der Waals surface area contributed by atoms with Gasteiger partial charge in [0, 0.05) is 22.3 Å². The molecule has 6 nitrogen and oxygen atoms in total. The number of nitro benzene ring substituents is 1. The second-order valence-electron chi connectivity index (χ2n) is 3.87. The first-order chi connectivity index (χ1) is 9.49. The standard InChI is InChI=1S/C13H9BrN2O4/c14-9-5-8(13(18)11(6-9)16(19)20)7-15-10-3-1-2-4-12(10)17/h1-7,17-18H/b15-7+. The zero-order valence-corrected chi connectivity index (χ0v) is 11.6. The molecule has 2 rings (SSSR count). The summed E-state index contributed by atoms with van der Waals surface area (Å²) in [6, 6.07) is 9.08. The Balaban J connectivity index is 2.44. The first kappa shape index (κ1) is 14.0. The molecule has 0 aliphatic heterocycles. The van der Waals surface area contributed by atoms with Gasteiger partial charge in [-0.05, 0) is 18.2 Å². The highest BCUT2D eigenvalue weighted by molar-refractivity contribution is 9.10. The number of nitro groups is 1.